The second kappa shape index (κ2) is 3.12. The molecule has 0 saturated carbocycles. The fourth-order valence-corrected chi connectivity index (χ4v) is 1.29. The van der Waals surface area contributed by atoms with E-state index in [1.165, 1.54) is 11.5 Å². The number of alkyl halides is 1. The number of aryl methyl sites for hydroxylation is 1. The Bertz CT molecular complexity index is 188. The van der Waals surface area contributed by atoms with E-state index in [0.717, 1.165) is 17.6 Å². The van der Waals surface area contributed by atoms with E-state index in [2.05, 4.69) is 25.3 Å². The second-order valence-electron chi connectivity index (χ2n) is 1.49. The van der Waals surface area contributed by atoms with Crippen molar-refractivity contribution in [3.63, 3.8) is 0 Å². The summed E-state index contributed by atoms with van der Waals surface area (Å²) in [4.78, 5) is 3.96. The topological polar surface area (TPSA) is 51.8 Å². The third-order valence-electron chi connectivity index (χ3n) is 0.802. The van der Waals surface area contributed by atoms with Gasteiger partial charge in [-0.05, 0) is 0 Å². The van der Waals surface area contributed by atoms with Crippen LogP contribution in [0.5, 0.6) is 0 Å². The van der Waals surface area contributed by atoms with Crippen LogP contribution in [0, 0.1) is 0 Å². The van der Waals surface area contributed by atoms with Crippen molar-refractivity contribution in [3.8, 4) is 0 Å². The zero-order chi connectivity index (χ0) is 6.69. The molecule has 0 amide bonds. The molecule has 9 heavy (non-hydrogen) atoms. The summed E-state index contributed by atoms with van der Waals surface area (Å²) in [5, 5.41) is 1.44. The average molecular weight is 208 g/mol. The number of hydrogen-bond donors (Lipinski definition) is 1. The van der Waals surface area contributed by atoms with Gasteiger partial charge in [-0.25, -0.2) is 4.98 Å². The van der Waals surface area contributed by atoms with Gasteiger partial charge in [-0.1, -0.05) is 15.9 Å². The third kappa shape index (κ3) is 1.91. The van der Waals surface area contributed by atoms with Crippen LogP contribution in [0.15, 0.2) is 0 Å². The van der Waals surface area contributed by atoms with Crippen LogP contribution in [-0.2, 0) is 6.42 Å². The van der Waals surface area contributed by atoms with Crippen LogP contribution in [0.1, 0.15) is 5.82 Å². The fourth-order valence-electron chi connectivity index (χ4n) is 0.454. The number of nitrogens with zero attached hydrogens (tertiary/aromatic N) is 2. The predicted octanol–water partition coefficient (Wildman–Crippen LogP) is 1.06. The molecular weight excluding hydrogens is 202 g/mol. The Balaban J connectivity index is 2.61. The second-order valence-corrected chi connectivity index (χ2v) is 3.06. The Morgan fingerprint density at radius 2 is 2.44 bits per heavy atom. The van der Waals surface area contributed by atoms with E-state index in [-0.39, 0.29) is 0 Å². The number of nitrogens with two attached hydrogens (primary N) is 1. The minimum Gasteiger partial charge on any atom is -0.374 e. The Labute approximate surface area is 65.6 Å². The molecule has 0 radical (unpaired) electrons. The monoisotopic (exact) mass is 207 g/mol. The number of halogens is 1. The third-order valence-corrected chi connectivity index (χ3v) is 1.78. The molecule has 0 bridgehead atoms. The van der Waals surface area contributed by atoms with Crippen molar-refractivity contribution >= 4 is 32.6 Å². The lowest BCUT2D eigenvalue weighted by Gasteiger charge is -1.82. The minimum absolute atomic E-state index is 0.547. The van der Waals surface area contributed by atoms with E-state index in [1.807, 2.05) is 0 Å². The maximum Gasteiger partial charge on any atom is 0.199 e. The predicted molar refractivity (Wildman–Crippen MR) is 41.8 cm³/mol. The Hall–Kier alpha value is -0.160. The van der Waals surface area contributed by atoms with E-state index < -0.39 is 0 Å². The maximum atomic E-state index is 5.34. The van der Waals surface area contributed by atoms with Crippen molar-refractivity contribution in [1.82, 2.24) is 9.36 Å². The summed E-state index contributed by atoms with van der Waals surface area (Å²) in [6, 6.07) is 0. The fraction of sp³-hybridized carbons (Fsp3) is 0.500. The van der Waals surface area contributed by atoms with Crippen LogP contribution in [0.3, 0.4) is 0 Å². The molecule has 2 N–H and O–H groups in total. The molecule has 0 aromatic carbocycles. The molecule has 0 fully saturated rings. The molecule has 0 aliphatic carbocycles. The Kier molecular flexibility index (Phi) is 2.41. The highest BCUT2D eigenvalue weighted by Gasteiger charge is 1.97. The van der Waals surface area contributed by atoms with E-state index in [9.17, 15) is 0 Å². The molecule has 0 saturated heterocycles. The van der Waals surface area contributed by atoms with Gasteiger partial charge in [0.15, 0.2) is 5.13 Å². The van der Waals surface area contributed by atoms with Gasteiger partial charge in [-0.15, -0.1) is 0 Å². The number of aromatic nitrogens is 2. The molecule has 0 aliphatic heterocycles. The lowest BCUT2D eigenvalue weighted by Crippen LogP contribution is -1.89. The smallest absolute Gasteiger partial charge is 0.199 e. The Morgan fingerprint density at radius 1 is 1.67 bits per heavy atom. The van der Waals surface area contributed by atoms with Crippen molar-refractivity contribution in [2.24, 2.45) is 0 Å². The van der Waals surface area contributed by atoms with E-state index in [4.69, 9.17) is 5.73 Å². The number of hydrogen-bond acceptors (Lipinski definition) is 4. The van der Waals surface area contributed by atoms with Gasteiger partial charge in [0.1, 0.15) is 5.82 Å². The molecule has 3 nitrogen and oxygen atoms in total. The van der Waals surface area contributed by atoms with Crippen molar-refractivity contribution in [3.05, 3.63) is 5.82 Å². The summed E-state index contributed by atoms with van der Waals surface area (Å²) < 4.78 is 3.98. The lowest BCUT2D eigenvalue weighted by molar-refractivity contribution is 1.02. The average Bonchev–Trinajstić information content (AvgIpc) is 2.17. The van der Waals surface area contributed by atoms with E-state index in [1.54, 1.807) is 0 Å². The highest BCUT2D eigenvalue weighted by Crippen LogP contribution is 2.06. The quantitative estimate of drug-likeness (QED) is 0.739. The molecule has 0 atom stereocenters. The normalized spacial score (nSPS) is 9.89. The summed E-state index contributed by atoms with van der Waals surface area (Å²) >= 11 is 4.52. The van der Waals surface area contributed by atoms with Crippen molar-refractivity contribution < 1.29 is 0 Å². The van der Waals surface area contributed by atoms with Gasteiger partial charge in [-0.2, -0.15) is 4.37 Å². The lowest BCUT2D eigenvalue weighted by atomic mass is 10.5. The van der Waals surface area contributed by atoms with Gasteiger partial charge in [-0.3, -0.25) is 0 Å². The molecule has 1 aromatic rings. The van der Waals surface area contributed by atoms with Gasteiger partial charge in [0.2, 0.25) is 0 Å². The molecule has 50 valence electrons. The van der Waals surface area contributed by atoms with Crippen LogP contribution < -0.4 is 5.73 Å². The molecule has 5 heteroatoms. The highest BCUT2D eigenvalue weighted by atomic mass is 79.9. The molecule has 1 heterocycles. The van der Waals surface area contributed by atoms with Gasteiger partial charge in [0, 0.05) is 23.3 Å². The number of anilines is 1. The molecule has 0 aliphatic rings. The number of rotatable bonds is 2. The van der Waals surface area contributed by atoms with Crippen LogP contribution >= 0.6 is 27.5 Å². The number of nitrogen functional groups attached to an aromatic ring is 1. The van der Waals surface area contributed by atoms with Gasteiger partial charge in [0.05, 0.1) is 0 Å². The van der Waals surface area contributed by atoms with Crippen molar-refractivity contribution in [2.75, 3.05) is 11.1 Å². The van der Waals surface area contributed by atoms with Crippen molar-refractivity contribution in [2.45, 2.75) is 6.42 Å². The van der Waals surface area contributed by atoms with Crippen LogP contribution in [0.2, 0.25) is 0 Å². The molecular formula is C4H6BrN3S. The summed E-state index contributed by atoms with van der Waals surface area (Å²) in [7, 11) is 0. The maximum absolute atomic E-state index is 5.34. The van der Waals surface area contributed by atoms with Gasteiger partial charge >= 0.3 is 0 Å². The Morgan fingerprint density at radius 3 is 2.89 bits per heavy atom. The zero-order valence-electron chi connectivity index (χ0n) is 4.67. The zero-order valence-corrected chi connectivity index (χ0v) is 7.07. The first-order valence-electron chi connectivity index (χ1n) is 2.47. The molecule has 1 aromatic heterocycles. The van der Waals surface area contributed by atoms with Crippen LogP contribution in [0.4, 0.5) is 5.13 Å². The molecule has 0 spiro atoms. The van der Waals surface area contributed by atoms with Crippen molar-refractivity contribution in [1.29, 1.82) is 0 Å². The van der Waals surface area contributed by atoms with Crippen LogP contribution in [0.25, 0.3) is 0 Å². The molecule has 1 rings (SSSR count). The highest BCUT2D eigenvalue weighted by molar-refractivity contribution is 9.09. The first-order valence-corrected chi connectivity index (χ1v) is 4.36. The first kappa shape index (κ1) is 6.95. The summed E-state index contributed by atoms with van der Waals surface area (Å²) in [6.07, 6.45) is 0.855. The van der Waals surface area contributed by atoms with E-state index >= 15 is 0 Å². The SMILES string of the molecule is Nc1nc(CCBr)ns1. The van der Waals surface area contributed by atoms with Gasteiger partial charge < -0.3 is 5.73 Å². The minimum atomic E-state index is 0.547. The van der Waals surface area contributed by atoms with Crippen LogP contribution in [-0.4, -0.2) is 14.7 Å². The first-order chi connectivity index (χ1) is 4.33. The van der Waals surface area contributed by atoms with Gasteiger partial charge in [0.25, 0.3) is 0 Å². The largest absolute Gasteiger partial charge is 0.374 e. The summed E-state index contributed by atoms with van der Waals surface area (Å²) in [6.45, 7) is 0. The van der Waals surface area contributed by atoms with E-state index in [0.29, 0.717) is 5.13 Å². The standard InChI is InChI=1S/C4H6BrN3S/c5-2-1-3-7-4(6)9-8-3/h1-2H2,(H2,6,7,8). The summed E-state index contributed by atoms with van der Waals surface area (Å²) in [5.74, 6) is 0.828. The summed E-state index contributed by atoms with van der Waals surface area (Å²) in [5.41, 5.74) is 5.34. The molecule has 0 unspecified atom stereocenters.